The van der Waals surface area contributed by atoms with Crippen molar-refractivity contribution in [2.75, 3.05) is 12.3 Å². The van der Waals surface area contributed by atoms with Crippen molar-refractivity contribution < 1.29 is 0 Å². The van der Waals surface area contributed by atoms with Gasteiger partial charge in [-0.15, -0.1) is 11.3 Å². The first kappa shape index (κ1) is 13.1. The number of hydrogen-bond donors (Lipinski definition) is 2. The Morgan fingerprint density at radius 1 is 1.28 bits per heavy atom. The first-order valence-electron chi connectivity index (χ1n) is 6.20. The molecule has 0 unspecified atom stereocenters. The summed E-state index contributed by atoms with van der Waals surface area (Å²) in [6.45, 7) is 3.92. The Kier molecular flexibility index (Phi) is 4.73. The lowest BCUT2D eigenvalue weighted by Gasteiger charge is -2.03. The minimum absolute atomic E-state index is 0.830. The van der Waals surface area contributed by atoms with Crippen molar-refractivity contribution >= 4 is 17.0 Å². The number of aryl methyl sites for hydroxylation is 2. The summed E-state index contributed by atoms with van der Waals surface area (Å²) in [5.74, 6) is 0. The van der Waals surface area contributed by atoms with Gasteiger partial charge >= 0.3 is 0 Å². The van der Waals surface area contributed by atoms with E-state index in [1.54, 1.807) is 11.3 Å². The zero-order chi connectivity index (χ0) is 12.8. The van der Waals surface area contributed by atoms with E-state index in [9.17, 15) is 0 Å². The summed E-state index contributed by atoms with van der Waals surface area (Å²) < 4.78 is 0. The Morgan fingerprint density at radius 3 is 2.72 bits per heavy atom. The predicted molar refractivity (Wildman–Crippen MR) is 77.7 cm³/mol. The molecule has 0 radical (unpaired) electrons. The normalized spacial score (nSPS) is 10.7. The van der Waals surface area contributed by atoms with Crippen LogP contribution in [0.3, 0.4) is 0 Å². The minimum Gasteiger partial charge on any atom is -0.399 e. The van der Waals surface area contributed by atoms with Gasteiger partial charge in [-0.2, -0.15) is 0 Å². The number of nitrogen functional groups attached to an aromatic ring is 1. The van der Waals surface area contributed by atoms with E-state index in [4.69, 9.17) is 5.73 Å². The predicted octanol–water partition coefficient (Wildman–Crippen LogP) is 2.76. The van der Waals surface area contributed by atoms with Crippen molar-refractivity contribution in [3.8, 4) is 0 Å². The highest BCUT2D eigenvalue weighted by atomic mass is 32.1. The summed E-state index contributed by atoms with van der Waals surface area (Å²) >= 11 is 1.72. The van der Waals surface area contributed by atoms with E-state index in [1.165, 1.54) is 10.6 Å². The van der Waals surface area contributed by atoms with E-state index in [-0.39, 0.29) is 0 Å². The second-order valence-electron chi connectivity index (χ2n) is 4.40. The molecule has 0 spiro atoms. The largest absolute Gasteiger partial charge is 0.399 e. The summed E-state index contributed by atoms with van der Waals surface area (Å²) in [6, 6.07) is 8.11. The smallest absolute Gasteiger partial charge is 0.107 e. The Bertz CT molecular complexity index is 476. The minimum atomic E-state index is 0.830. The van der Waals surface area contributed by atoms with Gasteiger partial charge < -0.3 is 11.1 Å². The van der Waals surface area contributed by atoms with Crippen molar-refractivity contribution in [3.63, 3.8) is 0 Å². The topological polar surface area (TPSA) is 50.9 Å². The average Bonchev–Trinajstić information content (AvgIpc) is 2.77. The molecular formula is C14H19N3S. The number of hydrogen-bond acceptors (Lipinski definition) is 4. The Labute approximate surface area is 112 Å². The molecule has 0 atom stereocenters. The zero-order valence-electron chi connectivity index (χ0n) is 10.6. The van der Waals surface area contributed by atoms with E-state index in [2.05, 4.69) is 27.8 Å². The number of aromatic nitrogens is 1. The third-order valence-electron chi connectivity index (χ3n) is 2.74. The monoisotopic (exact) mass is 261 g/mol. The van der Waals surface area contributed by atoms with Crippen molar-refractivity contribution in [1.82, 2.24) is 10.3 Å². The molecule has 0 saturated heterocycles. The molecule has 0 fully saturated rings. The number of anilines is 1. The molecule has 0 bridgehead atoms. The summed E-state index contributed by atoms with van der Waals surface area (Å²) in [5.41, 5.74) is 8.93. The van der Waals surface area contributed by atoms with E-state index >= 15 is 0 Å². The summed E-state index contributed by atoms with van der Waals surface area (Å²) in [4.78, 5) is 4.42. The standard InChI is InChI=1S/C14H19N3S/c1-11-10-18-14(17-11)9-16-8-2-3-12-4-6-13(15)7-5-12/h4-7,10,16H,2-3,8-9,15H2,1H3. The average molecular weight is 261 g/mol. The molecule has 3 nitrogen and oxygen atoms in total. The first-order valence-corrected chi connectivity index (χ1v) is 7.08. The van der Waals surface area contributed by atoms with Crippen LogP contribution >= 0.6 is 11.3 Å². The lowest BCUT2D eigenvalue weighted by atomic mass is 10.1. The van der Waals surface area contributed by atoms with E-state index in [0.717, 1.165) is 37.3 Å². The second kappa shape index (κ2) is 6.52. The van der Waals surface area contributed by atoms with E-state index in [1.807, 2.05) is 19.1 Å². The maximum absolute atomic E-state index is 5.65. The number of nitrogens with two attached hydrogens (primary N) is 1. The number of rotatable bonds is 6. The van der Waals surface area contributed by atoms with E-state index in [0.29, 0.717) is 0 Å². The van der Waals surface area contributed by atoms with Crippen LogP contribution in [0.4, 0.5) is 5.69 Å². The molecule has 1 aromatic heterocycles. The molecule has 2 aromatic rings. The third kappa shape index (κ3) is 4.13. The van der Waals surface area contributed by atoms with Gasteiger partial charge in [-0.05, 0) is 44.0 Å². The second-order valence-corrected chi connectivity index (χ2v) is 5.35. The molecule has 0 amide bonds. The molecule has 0 aliphatic heterocycles. The quantitative estimate of drug-likeness (QED) is 0.621. The van der Waals surface area contributed by atoms with Crippen LogP contribution in [0.25, 0.3) is 0 Å². The highest BCUT2D eigenvalue weighted by molar-refractivity contribution is 7.09. The van der Waals surface area contributed by atoms with Crippen LogP contribution in [0.1, 0.15) is 22.7 Å². The molecule has 0 aliphatic carbocycles. The fourth-order valence-corrected chi connectivity index (χ4v) is 2.52. The van der Waals surface area contributed by atoms with Crippen molar-refractivity contribution in [1.29, 1.82) is 0 Å². The Morgan fingerprint density at radius 2 is 2.06 bits per heavy atom. The molecule has 18 heavy (non-hydrogen) atoms. The van der Waals surface area contributed by atoms with Crippen molar-refractivity contribution in [3.05, 3.63) is 45.9 Å². The van der Waals surface area contributed by atoms with Crippen LogP contribution in [0.2, 0.25) is 0 Å². The van der Waals surface area contributed by atoms with Gasteiger partial charge in [0.15, 0.2) is 0 Å². The summed E-state index contributed by atoms with van der Waals surface area (Å²) in [5, 5.41) is 6.68. The highest BCUT2D eigenvalue weighted by Gasteiger charge is 1.98. The summed E-state index contributed by atoms with van der Waals surface area (Å²) in [7, 11) is 0. The van der Waals surface area contributed by atoms with Gasteiger partial charge in [-0.3, -0.25) is 0 Å². The van der Waals surface area contributed by atoms with Crippen LogP contribution in [0, 0.1) is 6.92 Å². The third-order valence-corrected chi connectivity index (χ3v) is 3.71. The van der Waals surface area contributed by atoms with Crippen LogP contribution in [-0.4, -0.2) is 11.5 Å². The van der Waals surface area contributed by atoms with Crippen molar-refractivity contribution in [2.45, 2.75) is 26.3 Å². The van der Waals surface area contributed by atoms with Gasteiger partial charge in [0.1, 0.15) is 5.01 Å². The Hall–Kier alpha value is -1.39. The summed E-state index contributed by atoms with van der Waals surface area (Å²) in [6.07, 6.45) is 2.22. The SMILES string of the molecule is Cc1csc(CNCCCc2ccc(N)cc2)n1. The maximum Gasteiger partial charge on any atom is 0.107 e. The fraction of sp³-hybridized carbons (Fsp3) is 0.357. The molecule has 0 saturated carbocycles. The maximum atomic E-state index is 5.65. The molecule has 4 heteroatoms. The van der Waals surface area contributed by atoms with Gasteiger partial charge in [0.25, 0.3) is 0 Å². The lowest BCUT2D eigenvalue weighted by molar-refractivity contribution is 0.647. The van der Waals surface area contributed by atoms with Crippen LogP contribution < -0.4 is 11.1 Å². The van der Waals surface area contributed by atoms with Crippen LogP contribution in [-0.2, 0) is 13.0 Å². The number of nitrogens with zero attached hydrogens (tertiary/aromatic N) is 1. The Balaban J connectivity index is 1.63. The van der Waals surface area contributed by atoms with Gasteiger partial charge in [0.2, 0.25) is 0 Å². The lowest BCUT2D eigenvalue weighted by Crippen LogP contribution is -2.15. The number of nitrogens with one attached hydrogen (secondary N) is 1. The molecule has 0 aliphatic rings. The van der Waals surface area contributed by atoms with Crippen LogP contribution in [0.15, 0.2) is 29.6 Å². The van der Waals surface area contributed by atoms with Gasteiger partial charge in [-0.1, -0.05) is 12.1 Å². The fourth-order valence-electron chi connectivity index (χ4n) is 1.78. The number of thiazole rings is 1. The molecule has 96 valence electrons. The highest BCUT2D eigenvalue weighted by Crippen LogP contribution is 2.09. The molecule has 1 heterocycles. The number of benzene rings is 1. The molecule has 2 rings (SSSR count). The van der Waals surface area contributed by atoms with Gasteiger partial charge in [0, 0.05) is 23.3 Å². The van der Waals surface area contributed by atoms with Gasteiger partial charge in [-0.25, -0.2) is 4.98 Å². The zero-order valence-corrected chi connectivity index (χ0v) is 11.5. The molecule has 3 N–H and O–H groups in total. The van der Waals surface area contributed by atoms with E-state index < -0.39 is 0 Å². The van der Waals surface area contributed by atoms with Gasteiger partial charge in [0.05, 0.1) is 0 Å². The van der Waals surface area contributed by atoms with Crippen molar-refractivity contribution in [2.24, 2.45) is 0 Å². The first-order chi connectivity index (χ1) is 8.74. The van der Waals surface area contributed by atoms with Crippen LogP contribution in [0.5, 0.6) is 0 Å². The molecule has 1 aromatic carbocycles. The molecular weight excluding hydrogens is 242 g/mol.